The largest absolute Gasteiger partial charge is 0.383 e. The zero-order valence-electron chi connectivity index (χ0n) is 19.2. The number of ether oxygens (including phenoxy) is 1. The zero-order chi connectivity index (χ0) is 24.6. The first-order valence-corrected chi connectivity index (χ1v) is 12.4. The smallest absolute Gasteiger partial charge is 0.339 e. The van der Waals surface area contributed by atoms with Crippen molar-refractivity contribution < 1.29 is 26.5 Å². The second-order valence-corrected chi connectivity index (χ2v) is 9.31. The minimum Gasteiger partial charge on any atom is -0.383 e. The molecule has 1 unspecified atom stereocenters. The molecule has 0 aliphatic heterocycles. The average Bonchev–Trinajstić information content (AvgIpc) is 2.84. The SMILES string of the molecule is CCC(C(=O)N(CCOC)Cc1ccc(OS(=O)(=O)c2ccc(F)cc2)cc1)c1ccccc1. The standard InChI is InChI=1S/C26H28FNO5S/c1-3-25(21-7-5-4-6-8-21)26(29)28(17-18-32-2)19-20-9-13-23(14-10-20)33-34(30,31)24-15-11-22(27)12-16-24/h4-16,25H,3,17-19H2,1-2H3. The van der Waals surface area contributed by atoms with Gasteiger partial charge in [0, 0.05) is 20.2 Å². The van der Waals surface area contributed by atoms with Crippen LogP contribution in [0.1, 0.15) is 30.4 Å². The first-order valence-electron chi connectivity index (χ1n) is 11.0. The number of hydrogen-bond donors (Lipinski definition) is 0. The molecule has 0 aromatic heterocycles. The van der Waals surface area contributed by atoms with Crippen LogP contribution in [0.15, 0.2) is 83.8 Å². The molecule has 1 atom stereocenters. The van der Waals surface area contributed by atoms with Crippen LogP contribution in [0.5, 0.6) is 5.75 Å². The van der Waals surface area contributed by atoms with E-state index in [0.29, 0.717) is 26.1 Å². The van der Waals surface area contributed by atoms with Crippen LogP contribution in [0, 0.1) is 5.82 Å². The van der Waals surface area contributed by atoms with E-state index in [1.165, 1.54) is 12.1 Å². The Morgan fingerprint density at radius 1 is 0.971 bits per heavy atom. The van der Waals surface area contributed by atoms with Crippen molar-refractivity contribution >= 4 is 16.0 Å². The molecule has 0 saturated heterocycles. The van der Waals surface area contributed by atoms with Gasteiger partial charge in [0.1, 0.15) is 16.5 Å². The lowest BCUT2D eigenvalue weighted by molar-refractivity contribution is -0.134. The summed E-state index contributed by atoms with van der Waals surface area (Å²) >= 11 is 0. The molecule has 0 radical (unpaired) electrons. The molecule has 0 aliphatic carbocycles. The van der Waals surface area contributed by atoms with Crippen LogP contribution < -0.4 is 4.18 Å². The summed E-state index contributed by atoms with van der Waals surface area (Å²) in [5.74, 6) is -0.668. The molecule has 1 amide bonds. The Bertz CT molecular complexity index is 1170. The number of rotatable bonds is 11. The summed E-state index contributed by atoms with van der Waals surface area (Å²) in [6, 6.07) is 20.6. The second kappa shape index (κ2) is 11.8. The third kappa shape index (κ3) is 6.65. The zero-order valence-corrected chi connectivity index (χ0v) is 20.0. The van der Waals surface area contributed by atoms with Gasteiger partial charge in [-0.1, -0.05) is 49.4 Å². The van der Waals surface area contributed by atoms with Crippen molar-refractivity contribution in [1.29, 1.82) is 0 Å². The van der Waals surface area contributed by atoms with Crippen molar-refractivity contribution in [2.75, 3.05) is 20.3 Å². The van der Waals surface area contributed by atoms with E-state index < -0.39 is 15.9 Å². The van der Waals surface area contributed by atoms with E-state index in [2.05, 4.69) is 0 Å². The molecule has 8 heteroatoms. The number of amides is 1. The van der Waals surface area contributed by atoms with Crippen molar-refractivity contribution in [1.82, 2.24) is 4.90 Å². The van der Waals surface area contributed by atoms with E-state index in [1.807, 2.05) is 37.3 Å². The van der Waals surface area contributed by atoms with Crippen molar-refractivity contribution in [2.24, 2.45) is 0 Å². The van der Waals surface area contributed by atoms with Gasteiger partial charge in [-0.15, -0.1) is 0 Å². The Hall–Kier alpha value is -3.23. The average molecular weight is 486 g/mol. The molecule has 6 nitrogen and oxygen atoms in total. The van der Waals surface area contributed by atoms with Gasteiger partial charge in [0.25, 0.3) is 0 Å². The molecule has 0 spiro atoms. The van der Waals surface area contributed by atoms with E-state index in [4.69, 9.17) is 8.92 Å². The lowest BCUT2D eigenvalue weighted by atomic mass is 9.95. The molecule has 0 bridgehead atoms. The third-order valence-electron chi connectivity index (χ3n) is 5.39. The van der Waals surface area contributed by atoms with Gasteiger partial charge in [0.2, 0.25) is 5.91 Å². The predicted octanol–water partition coefficient (Wildman–Crippen LogP) is 4.76. The number of methoxy groups -OCH3 is 1. The van der Waals surface area contributed by atoms with Crippen LogP contribution >= 0.6 is 0 Å². The maximum atomic E-state index is 13.4. The Morgan fingerprint density at radius 2 is 1.62 bits per heavy atom. The molecule has 0 heterocycles. The number of nitrogens with zero attached hydrogens (tertiary/aromatic N) is 1. The maximum absolute atomic E-state index is 13.4. The summed E-state index contributed by atoms with van der Waals surface area (Å²) in [7, 11) is -2.50. The molecule has 0 N–H and O–H groups in total. The fourth-order valence-corrected chi connectivity index (χ4v) is 4.50. The minimum absolute atomic E-state index is 0.00460. The first-order chi connectivity index (χ1) is 16.3. The number of benzene rings is 3. The van der Waals surface area contributed by atoms with E-state index in [-0.39, 0.29) is 22.5 Å². The van der Waals surface area contributed by atoms with Gasteiger partial charge in [0.05, 0.1) is 12.5 Å². The van der Waals surface area contributed by atoms with Gasteiger partial charge in [0.15, 0.2) is 0 Å². The summed E-state index contributed by atoms with van der Waals surface area (Å²) in [4.78, 5) is 15.0. The van der Waals surface area contributed by atoms with Crippen LogP contribution in [0.25, 0.3) is 0 Å². The predicted molar refractivity (Wildman–Crippen MR) is 127 cm³/mol. The van der Waals surface area contributed by atoms with Crippen molar-refractivity contribution in [3.05, 3.63) is 95.8 Å². The van der Waals surface area contributed by atoms with Crippen molar-refractivity contribution in [2.45, 2.75) is 30.7 Å². The van der Waals surface area contributed by atoms with Crippen LogP contribution in [0.2, 0.25) is 0 Å². The number of carbonyl (C=O) groups excluding carboxylic acids is 1. The normalized spacial score (nSPS) is 12.2. The Morgan fingerprint density at radius 3 is 2.21 bits per heavy atom. The Kier molecular flexibility index (Phi) is 8.79. The molecule has 0 fully saturated rings. The summed E-state index contributed by atoms with van der Waals surface area (Å²) in [6.45, 7) is 3.15. The number of halogens is 1. The van der Waals surface area contributed by atoms with Gasteiger partial charge in [-0.05, 0) is 53.9 Å². The van der Waals surface area contributed by atoms with Gasteiger partial charge in [-0.25, -0.2) is 4.39 Å². The first kappa shape index (κ1) is 25.4. The molecular formula is C26H28FNO5S. The van der Waals surface area contributed by atoms with Crippen molar-refractivity contribution in [3.63, 3.8) is 0 Å². The summed E-state index contributed by atoms with van der Waals surface area (Å²) in [5, 5.41) is 0. The van der Waals surface area contributed by atoms with E-state index in [1.54, 1.807) is 24.1 Å². The molecule has 180 valence electrons. The molecule has 34 heavy (non-hydrogen) atoms. The summed E-state index contributed by atoms with van der Waals surface area (Å²) in [6.07, 6.45) is 0.667. The molecular weight excluding hydrogens is 457 g/mol. The van der Waals surface area contributed by atoms with Crippen molar-refractivity contribution in [3.8, 4) is 5.75 Å². The molecule has 3 rings (SSSR count). The van der Waals surface area contributed by atoms with E-state index in [9.17, 15) is 17.6 Å². The highest BCUT2D eigenvalue weighted by molar-refractivity contribution is 7.87. The summed E-state index contributed by atoms with van der Waals surface area (Å²) in [5.41, 5.74) is 1.78. The van der Waals surface area contributed by atoms with Crippen LogP contribution in [0.3, 0.4) is 0 Å². The molecule has 3 aromatic carbocycles. The second-order valence-electron chi connectivity index (χ2n) is 7.76. The van der Waals surface area contributed by atoms with Gasteiger partial charge in [-0.3, -0.25) is 4.79 Å². The van der Waals surface area contributed by atoms with Gasteiger partial charge >= 0.3 is 10.1 Å². The lowest BCUT2D eigenvalue weighted by Crippen LogP contribution is -2.37. The van der Waals surface area contributed by atoms with E-state index in [0.717, 1.165) is 35.4 Å². The Labute approximate surface area is 200 Å². The van der Waals surface area contributed by atoms with Crippen LogP contribution in [-0.4, -0.2) is 39.5 Å². The number of carbonyl (C=O) groups is 1. The van der Waals surface area contributed by atoms with Crippen LogP contribution in [-0.2, 0) is 26.2 Å². The highest BCUT2D eigenvalue weighted by atomic mass is 32.2. The van der Waals surface area contributed by atoms with Crippen LogP contribution in [0.4, 0.5) is 4.39 Å². The van der Waals surface area contributed by atoms with Gasteiger partial charge in [-0.2, -0.15) is 8.42 Å². The fourth-order valence-electron chi connectivity index (χ4n) is 3.57. The third-order valence-corrected chi connectivity index (χ3v) is 6.65. The summed E-state index contributed by atoms with van der Waals surface area (Å²) < 4.78 is 48.3. The molecule has 0 saturated carbocycles. The highest BCUT2D eigenvalue weighted by Crippen LogP contribution is 2.24. The quantitative estimate of drug-likeness (QED) is 0.366. The minimum atomic E-state index is -4.08. The fraction of sp³-hybridized carbons (Fsp3) is 0.269. The Balaban J connectivity index is 1.73. The lowest BCUT2D eigenvalue weighted by Gasteiger charge is -2.27. The molecule has 3 aromatic rings. The van der Waals surface area contributed by atoms with Gasteiger partial charge < -0.3 is 13.8 Å². The highest BCUT2D eigenvalue weighted by Gasteiger charge is 2.24. The van der Waals surface area contributed by atoms with E-state index >= 15 is 0 Å². The topological polar surface area (TPSA) is 72.9 Å². The molecule has 0 aliphatic rings. The monoisotopic (exact) mass is 485 g/mol. The maximum Gasteiger partial charge on any atom is 0.339 e. The number of hydrogen-bond acceptors (Lipinski definition) is 5.